The third kappa shape index (κ3) is 2.54. The van der Waals surface area contributed by atoms with Gasteiger partial charge in [-0.1, -0.05) is 60.7 Å². The quantitative estimate of drug-likeness (QED) is 0.552. The van der Waals surface area contributed by atoms with Crippen LogP contribution in [-0.2, 0) is 15.0 Å². The van der Waals surface area contributed by atoms with Crippen molar-refractivity contribution in [2.75, 3.05) is 5.32 Å². The van der Waals surface area contributed by atoms with Crippen molar-refractivity contribution in [3.8, 4) is 0 Å². The summed E-state index contributed by atoms with van der Waals surface area (Å²) in [5.74, 6) is -1.72. The van der Waals surface area contributed by atoms with Crippen molar-refractivity contribution in [2.45, 2.75) is 74.5 Å². The number of fused-ring (bicyclic) bond motifs is 5. The highest BCUT2D eigenvalue weighted by Gasteiger charge is 2.79. The molecule has 0 unspecified atom stereocenters. The minimum Gasteiger partial charge on any atom is -0.337 e. The number of benzene rings is 2. The summed E-state index contributed by atoms with van der Waals surface area (Å²) in [6.45, 7) is 3.95. The maximum absolute atomic E-state index is 15.8. The Morgan fingerprint density at radius 2 is 1.79 bits per heavy atom. The fourth-order valence-corrected chi connectivity index (χ4v) is 8.09. The highest BCUT2D eigenvalue weighted by atomic mass is 35.5. The molecule has 2 N–H and O–H groups in total. The molecule has 3 atom stereocenters. The van der Waals surface area contributed by atoms with Crippen LogP contribution in [0.25, 0.3) is 0 Å². The first kappa shape index (κ1) is 22.3. The van der Waals surface area contributed by atoms with E-state index in [-0.39, 0.29) is 16.8 Å². The number of carbonyl (C=O) groups is 2. The summed E-state index contributed by atoms with van der Waals surface area (Å²) in [5.41, 5.74) is -0.832. The molecule has 2 saturated heterocycles. The van der Waals surface area contributed by atoms with Crippen LogP contribution in [0.4, 0.5) is 10.1 Å². The SMILES string of the molecule is CC1(C)NC(=O)[C@H]2[C@H](c3cccc(Cl)c3F)[C@]3(C(=O)Nc4cc(Cl)ccc43)C3(CCCCC3)N21. The number of nitrogens with zero attached hydrogens (tertiary/aromatic N) is 1. The predicted molar refractivity (Wildman–Crippen MR) is 130 cm³/mol. The molecule has 2 aromatic carbocycles. The molecule has 2 aromatic rings. The molecule has 1 aliphatic carbocycles. The van der Waals surface area contributed by atoms with Crippen LogP contribution in [0.15, 0.2) is 36.4 Å². The average molecular weight is 502 g/mol. The maximum Gasteiger partial charge on any atom is 0.239 e. The van der Waals surface area contributed by atoms with Crippen molar-refractivity contribution in [1.82, 2.24) is 10.2 Å². The molecule has 2 spiro atoms. The Kier molecular flexibility index (Phi) is 4.72. The van der Waals surface area contributed by atoms with Crippen LogP contribution in [0.2, 0.25) is 10.0 Å². The van der Waals surface area contributed by atoms with Crippen LogP contribution in [0, 0.1) is 5.82 Å². The Morgan fingerprint density at radius 1 is 1.06 bits per heavy atom. The molecule has 3 aliphatic heterocycles. The number of halogens is 3. The number of amides is 2. The van der Waals surface area contributed by atoms with E-state index in [2.05, 4.69) is 15.5 Å². The van der Waals surface area contributed by atoms with Gasteiger partial charge in [-0.2, -0.15) is 0 Å². The maximum atomic E-state index is 15.8. The van der Waals surface area contributed by atoms with E-state index < -0.39 is 34.4 Å². The molecule has 5 nitrogen and oxygen atoms in total. The summed E-state index contributed by atoms with van der Waals surface area (Å²) in [5, 5.41) is 6.70. The number of carbonyl (C=O) groups excluding carboxylic acids is 2. The van der Waals surface area contributed by atoms with Gasteiger partial charge < -0.3 is 10.6 Å². The minimum atomic E-state index is -1.17. The van der Waals surface area contributed by atoms with Crippen molar-refractivity contribution in [1.29, 1.82) is 0 Å². The third-order valence-electron chi connectivity index (χ3n) is 8.57. The van der Waals surface area contributed by atoms with Gasteiger partial charge in [-0.15, -0.1) is 0 Å². The first-order valence-electron chi connectivity index (χ1n) is 11.8. The second-order valence-corrected chi connectivity index (χ2v) is 11.4. The zero-order chi connectivity index (χ0) is 24.0. The standard InChI is InChI=1S/C26H26Cl2FN3O2/c1-24(2)31-22(33)21-19(15-7-6-8-17(28)20(15)29)26(25(32(21)24)11-4-3-5-12-25)16-10-9-14(27)13-18(16)30-23(26)34/h6-10,13,19,21H,3-5,11-12H2,1-2H3,(H,30,34)(H,31,33)/t19-,21+,26+/m0/s1. The lowest BCUT2D eigenvalue weighted by atomic mass is 9.55. The monoisotopic (exact) mass is 501 g/mol. The molecule has 0 bridgehead atoms. The number of nitrogens with one attached hydrogen (secondary N) is 2. The van der Waals surface area contributed by atoms with E-state index in [4.69, 9.17) is 23.2 Å². The van der Waals surface area contributed by atoms with Gasteiger partial charge in [0.05, 0.1) is 16.7 Å². The molecule has 2 amide bonds. The van der Waals surface area contributed by atoms with Gasteiger partial charge in [0, 0.05) is 22.2 Å². The first-order valence-corrected chi connectivity index (χ1v) is 12.6. The number of hydrogen-bond donors (Lipinski definition) is 2. The summed E-state index contributed by atoms with van der Waals surface area (Å²) < 4.78 is 15.8. The van der Waals surface area contributed by atoms with E-state index in [1.54, 1.807) is 24.3 Å². The van der Waals surface area contributed by atoms with Gasteiger partial charge in [0.25, 0.3) is 0 Å². The molecule has 3 heterocycles. The number of rotatable bonds is 1. The van der Waals surface area contributed by atoms with E-state index in [0.717, 1.165) is 37.7 Å². The van der Waals surface area contributed by atoms with E-state index in [0.29, 0.717) is 16.3 Å². The smallest absolute Gasteiger partial charge is 0.239 e. The lowest BCUT2D eigenvalue weighted by Gasteiger charge is -2.53. The summed E-state index contributed by atoms with van der Waals surface area (Å²) in [7, 11) is 0. The van der Waals surface area contributed by atoms with Crippen molar-refractivity contribution < 1.29 is 14.0 Å². The highest BCUT2D eigenvalue weighted by molar-refractivity contribution is 6.31. The summed E-state index contributed by atoms with van der Waals surface area (Å²) >= 11 is 12.6. The molecule has 0 aromatic heterocycles. The predicted octanol–water partition coefficient (Wildman–Crippen LogP) is 5.36. The zero-order valence-electron chi connectivity index (χ0n) is 19.1. The lowest BCUT2D eigenvalue weighted by Crippen LogP contribution is -2.66. The average Bonchev–Trinajstić information content (AvgIpc) is 3.31. The molecule has 178 valence electrons. The molecule has 8 heteroatoms. The molecule has 4 aliphatic rings. The molecule has 34 heavy (non-hydrogen) atoms. The van der Waals surface area contributed by atoms with Gasteiger partial charge in [-0.05, 0) is 56.0 Å². The fourth-order valence-electron chi connectivity index (χ4n) is 7.73. The molecule has 1 saturated carbocycles. The highest BCUT2D eigenvalue weighted by Crippen LogP contribution is 2.68. The fraction of sp³-hybridized carbons (Fsp3) is 0.462. The van der Waals surface area contributed by atoms with Gasteiger partial charge in [0.15, 0.2) is 0 Å². The Balaban J connectivity index is 1.75. The van der Waals surface area contributed by atoms with E-state index in [1.165, 1.54) is 6.07 Å². The van der Waals surface area contributed by atoms with Gasteiger partial charge in [-0.25, -0.2) is 4.39 Å². The second-order valence-electron chi connectivity index (χ2n) is 10.5. The summed E-state index contributed by atoms with van der Waals surface area (Å²) in [4.78, 5) is 30.1. The molecular formula is C26H26Cl2FN3O2. The van der Waals surface area contributed by atoms with E-state index in [1.807, 2.05) is 19.9 Å². The Labute approximate surface area is 208 Å². The van der Waals surface area contributed by atoms with Crippen LogP contribution in [0.3, 0.4) is 0 Å². The zero-order valence-corrected chi connectivity index (χ0v) is 20.6. The van der Waals surface area contributed by atoms with Gasteiger partial charge >= 0.3 is 0 Å². The van der Waals surface area contributed by atoms with Crippen molar-refractivity contribution in [3.63, 3.8) is 0 Å². The van der Waals surface area contributed by atoms with Gasteiger partial charge in [0.1, 0.15) is 11.2 Å². The van der Waals surface area contributed by atoms with Crippen molar-refractivity contribution in [3.05, 3.63) is 63.4 Å². The van der Waals surface area contributed by atoms with Crippen LogP contribution in [-0.4, -0.2) is 34.0 Å². The Hall–Kier alpha value is -2.15. The van der Waals surface area contributed by atoms with Crippen LogP contribution in [0.5, 0.6) is 0 Å². The second kappa shape index (κ2) is 7.19. The Morgan fingerprint density at radius 3 is 2.53 bits per heavy atom. The normalized spacial score (nSPS) is 31.0. The van der Waals surface area contributed by atoms with E-state index >= 15 is 4.39 Å². The number of anilines is 1. The van der Waals surface area contributed by atoms with Gasteiger partial charge in [0.2, 0.25) is 11.8 Å². The van der Waals surface area contributed by atoms with Crippen LogP contribution in [0.1, 0.15) is 63.0 Å². The van der Waals surface area contributed by atoms with Crippen LogP contribution < -0.4 is 10.6 Å². The van der Waals surface area contributed by atoms with Crippen molar-refractivity contribution >= 4 is 40.7 Å². The number of hydrogen-bond acceptors (Lipinski definition) is 3. The molecule has 0 radical (unpaired) electrons. The minimum absolute atomic E-state index is 0.0174. The lowest BCUT2D eigenvalue weighted by molar-refractivity contribution is -0.127. The van der Waals surface area contributed by atoms with Crippen LogP contribution >= 0.6 is 23.2 Å². The third-order valence-corrected chi connectivity index (χ3v) is 9.09. The molecule has 6 rings (SSSR count). The molecule has 3 fully saturated rings. The van der Waals surface area contributed by atoms with Gasteiger partial charge in [-0.3, -0.25) is 14.5 Å². The van der Waals surface area contributed by atoms with E-state index in [9.17, 15) is 9.59 Å². The first-order chi connectivity index (χ1) is 16.1. The summed E-state index contributed by atoms with van der Waals surface area (Å²) in [6, 6.07) is 9.56. The van der Waals surface area contributed by atoms with Crippen molar-refractivity contribution in [2.24, 2.45) is 0 Å². The summed E-state index contributed by atoms with van der Waals surface area (Å²) in [6.07, 6.45) is 4.38. The molecular weight excluding hydrogens is 476 g/mol. The topological polar surface area (TPSA) is 61.4 Å². The largest absolute Gasteiger partial charge is 0.337 e. The Bertz CT molecular complexity index is 1240.